The van der Waals surface area contributed by atoms with E-state index in [0.717, 1.165) is 15.4 Å². The number of halogens is 1. The fraction of sp³-hybridized carbons (Fsp3) is 0.136. The van der Waals surface area contributed by atoms with Crippen LogP contribution in [0.2, 0.25) is 5.02 Å². The number of anilines is 2. The van der Waals surface area contributed by atoms with E-state index in [1.54, 1.807) is 42.5 Å². The Morgan fingerprint density at radius 1 is 1.00 bits per heavy atom. The average molecular weight is 427 g/mol. The van der Waals surface area contributed by atoms with E-state index in [1.165, 1.54) is 0 Å². The zero-order valence-corrected chi connectivity index (χ0v) is 17.5. The van der Waals surface area contributed by atoms with Crippen LogP contribution in [-0.4, -0.2) is 20.9 Å². The smallest absolute Gasteiger partial charge is 0.265 e. The van der Waals surface area contributed by atoms with Gasteiger partial charge >= 0.3 is 0 Å². The lowest BCUT2D eigenvalue weighted by Crippen LogP contribution is -2.40. The lowest BCUT2D eigenvalue weighted by atomic mass is 10.0. The van der Waals surface area contributed by atoms with E-state index in [2.05, 4.69) is 5.32 Å². The Bertz CT molecular complexity index is 1240. The maximum Gasteiger partial charge on any atom is 0.265 e. The molecule has 1 aliphatic rings. The van der Waals surface area contributed by atoms with Gasteiger partial charge in [-0.2, -0.15) is 0 Å². The first-order valence-electron chi connectivity index (χ1n) is 9.06. The minimum Gasteiger partial charge on any atom is -0.324 e. The third-order valence-electron chi connectivity index (χ3n) is 4.93. The van der Waals surface area contributed by atoms with Crippen molar-refractivity contribution in [2.75, 3.05) is 16.2 Å². The molecule has 1 heterocycles. The maximum atomic E-state index is 13.3. The summed E-state index contributed by atoms with van der Waals surface area (Å²) in [5.41, 5.74) is 4.28. The molecule has 0 unspecified atom stereocenters. The van der Waals surface area contributed by atoms with Crippen LogP contribution in [0.25, 0.3) is 11.1 Å². The summed E-state index contributed by atoms with van der Waals surface area (Å²) in [5, 5.41) is 3.33. The lowest BCUT2D eigenvalue weighted by Gasteiger charge is -2.31. The number of benzene rings is 3. The summed E-state index contributed by atoms with van der Waals surface area (Å²) in [4.78, 5) is 12.9. The van der Waals surface area contributed by atoms with Gasteiger partial charge in [-0.15, -0.1) is 0 Å². The molecule has 0 atom stereocenters. The number of aryl methyl sites for hydroxylation is 2. The topological polar surface area (TPSA) is 66.5 Å². The van der Waals surface area contributed by atoms with E-state index < -0.39 is 15.9 Å². The highest BCUT2D eigenvalue weighted by atomic mass is 35.5. The second kappa shape index (κ2) is 7.21. The van der Waals surface area contributed by atoms with Crippen molar-refractivity contribution in [3.8, 4) is 11.1 Å². The van der Waals surface area contributed by atoms with Gasteiger partial charge in [-0.3, -0.25) is 9.10 Å². The largest absolute Gasteiger partial charge is 0.324 e. The molecule has 1 N–H and O–H groups in total. The Labute approximate surface area is 175 Å². The summed E-state index contributed by atoms with van der Waals surface area (Å²) >= 11 is 6.16. The third kappa shape index (κ3) is 3.50. The van der Waals surface area contributed by atoms with E-state index in [-0.39, 0.29) is 11.4 Å². The minimum atomic E-state index is -3.89. The SMILES string of the molecule is Cc1ccc(C)c(NC(=O)CN2c3ccc(Cl)cc3-c3ccccc3S2(=O)=O)c1. The molecule has 0 fully saturated rings. The van der Waals surface area contributed by atoms with Gasteiger partial charge in [0.25, 0.3) is 10.0 Å². The number of carbonyl (C=O) groups is 1. The van der Waals surface area contributed by atoms with Gasteiger partial charge in [0, 0.05) is 21.8 Å². The summed E-state index contributed by atoms with van der Waals surface area (Å²) in [6, 6.07) is 17.5. The van der Waals surface area contributed by atoms with Crippen LogP contribution in [0, 0.1) is 13.8 Å². The molecule has 0 bridgehead atoms. The first-order valence-corrected chi connectivity index (χ1v) is 10.9. The number of rotatable bonds is 3. The summed E-state index contributed by atoms with van der Waals surface area (Å²) in [6.45, 7) is 3.49. The number of nitrogens with one attached hydrogen (secondary N) is 1. The fourth-order valence-corrected chi connectivity index (χ4v) is 5.29. The summed E-state index contributed by atoms with van der Waals surface area (Å²) < 4.78 is 27.7. The van der Waals surface area contributed by atoms with E-state index in [0.29, 0.717) is 27.5 Å². The Morgan fingerprint density at radius 3 is 2.55 bits per heavy atom. The van der Waals surface area contributed by atoms with Crippen molar-refractivity contribution in [2.45, 2.75) is 18.7 Å². The van der Waals surface area contributed by atoms with Gasteiger partial charge in [-0.05, 0) is 55.3 Å². The van der Waals surface area contributed by atoms with Crippen molar-refractivity contribution in [3.63, 3.8) is 0 Å². The number of hydrogen-bond acceptors (Lipinski definition) is 3. The van der Waals surface area contributed by atoms with Crippen LogP contribution >= 0.6 is 11.6 Å². The number of nitrogens with zero attached hydrogens (tertiary/aromatic N) is 1. The standard InChI is InChI=1S/C22H19ClN2O3S/c1-14-7-8-15(2)19(11-14)24-22(26)13-25-20-10-9-16(23)12-18(20)17-5-3-4-6-21(17)29(25,27)28/h3-12H,13H2,1-2H3,(H,24,26). The monoisotopic (exact) mass is 426 g/mol. The van der Waals surface area contributed by atoms with Crippen LogP contribution in [0.15, 0.2) is 65.6 Å². The molecule has 0 saturated heterocycles. The van der Waals surface area contributed by atoms with Crippen LogP contribution in [-0.2, 0) is 14.8 Å². The van der Waals surface area contributed by atoms with Crippen molar-refractivity contribution in [3.05, 3.63) is 76.8 Å². The van der Waals surface area contributed by atoms with Gasteiger partial charge in [-0.1, -0.05) is 41.9 Å². The van der Waals surface area contributed by atoms with Gasteiger partial charge in [0.05, 0.1) is 10.6 Å². The first kappa shape index (κ1) is 19.5. The molecule has 4 rings (SSSR count). The molecule has 29 heavy (non-hydrogen) atoms. The maximum absolute atomic E-state index is 13.3. The van der Waals surface area contributed by atoms with Crippen molar-refractivity contribution < 1.29 is 13.2 Å². The van der Waals surface area contributed by atoms with Crippen LogP contribution in [0.3, 0.4) is 0 Å². The number of hydrogen-bond donors (Lipinski definition) is 1. The molecule has 3 aromatic rings. The zero-order valence-electron chi connectivity index (χ0n) is 15.9. The molecule has 7 heteroatoms. The Morgan fingerprint density at radius 2 is 1.76 bits per heavy atom. The molecule has 3 aromatic carbocycles. The molecule has 0 spiro atoms. The lowest BCUT2D eigenvalue weighted by molar-refractivity contribution is -0.114. The normalized spacial score (nSPS) is 14.1. The van der Waals surface area contributed by atoms with Crippen LogP contribution in [0.1, 0.15) is 11.1 Å². The number of fused-ring (bicyclic) bond motifs is 3. The van der Waals surface area contributed by atoms with E-state index in [9.17, 15) is 13.2 Å². The van der Waals surface area contributed by atoms with Crippen LogP contribution < -0.4 is 9.62 Å². The molecule has 1 aliphatic heterocycles. The van der Waals surface area contributed by atoms with E-state index >= 15 is 0 Å². The minimum absolute atomic E-state index is 0.161. The summed E-state index contributed by atoms with van der Waals surface area (Å²) in [7, 11) is -3.89. The van der Waals surface area contributed by atoms with Gasteiger partial charge < -0.3 is 5.32 Å². The van der Waals surface area contributed by atoms with E-state index in [1.807, 2.05) is 32.0 Å². The highest BCUT2D eigenvalue weighted by Crippen LogP contribution is 2.43. The van der Waals surface area contributed by atoms with Crippen molar-refractivity contribution in [1.82, 2.24) is 0 Å². The molecule has 148 valence electrons. The molecular formula is C22H19ClN2O3S. The van der Waals surface area contributed by atoms with Crippen LogP contribution in [0.5, 0.6) is 0 Å². The highest BCUT2D eigenvalue weighted by molar-refractivity contribution is 7.93. The van der Waals surface area contributed by atoms with Gasteiger partial charge in [0.2, 0.25) is 5.91 Å². The van der Waals surface area contributed by atoms with Crippen molar-refractivity contribution in [2.24, 2.45) is 0 Å². The summed E-state index contributed by atoms with van der Waals surface area (Å²) in [6.07, 6.45) is 0. The molecule has 5 nitrogen and oxygen atoms in total. The Balaban J connectivity index is 1.74. The number of sulfonamides is 1. The van der Waals surface area contributed by atoms with Gasteiger partial charge in [0.1, 0.15) is 6.54 Å². The molecule has 0 aromatic heterocycles. The number of carbonyl (C=O) groups excluding carboxylic acids is 1. The second-order valence-corrected chi connectivity index (χ2v) is 9.30. The first-order chi connectivity index (χ1) is 13.8. The van der Waals surface area contributed by atoms with Crippen LogP contribution in [0.4, 0.5) is 11.4 Å². The predicted molar refractivity (Wildman–Crippen MR) is 116 cm³/mol. The van der Waals surface area contributed by atoms with E-state index in [4.69, 9.17) is 11.6 Å². The third-order valence-corrected chi connectivity index (χ3v) is 6.98. The molecule has 0 aliphatic carbocycles. The molecule has 0 radical (unpaired) electrons. The van der Waals surface area contributed by atoms with Crippen molar-refractivity contribution >= 4 is 38.9 Å². The highest BCUT2D eigenvalue weighted by Gasteiger charge is 2.36. The Hall–Kier alpha value is -2.83. The van der Waals surface area contributed by atoms with Gasteiger partial charge in [-0.25, -0.2) is 8.42 Å². The quantitative estimate of drug-likeness (QED) is 0.655. The summed E-state index contributed by atoms with van der Waals surface area (Å²) in [5.74, 6) is -0.414. The second-order valence-electron chi connectivity index (χ2n) is 7.04. The molecule has 0 saturated carbocycles. The van der Waals surface area contributed by atoms with Crippen molar-refractivity contribution in [1.29, 1.82) is 0 Å². The Kier molecular flexibility index (Phi) is 4.84. The number of amides is 1. The molecule has 1 amide bonds. The molecular weight excluding hydrogens is 408 g/mol. The average Bonchev–Trinajstić information content (AvgIpc) is 2.68. The predicted octanol–water partition coefficient (Wildman–Crippen LogP) is 4.77. The zero-order chi connectivity index (χ0) is 20.8. The van der Waals surface area contributed by atoms with Gasteiger partial charge in [0.15, 0.2) is 0 Å². The fourth-order valence-electron chi connectivity index (χ4n) is 3.46.